The molecule has 1 unspecified atom stereocenters. The number of amides is 1. The number of hydrogen-bond donors (Lipinski definition) is 0. The Bertz CT molecular complexity index is 428. The van der Waals surface area contributed by atoms with Gasteiger partial charge in [0.25, 0.3) is 0 Å². The number of fused-ring (bicyclic) bond motifs is 1. The van der Waals surface area contributed by atoms with Gasteiger partial charge in [0.05, 0.1) is 6.61 Å². The summed E-state index contributed by atoms with van der Waals surface area (Å²) in [7, 11) is 0. The van der Waals surface area contributed by atoms with Gasteiger partial charge in [0.15, 0.2) is 0 Å². The third-order valence-electron chi connectivity index (χ3n) is 3.18. The smallest absolute Gasteiger partial charge is 0.410 e. The van der Waals surface area contributed by atoms with E-state index in [1.807, 2.05) is 12.1 Å². The van der Waals surface area contributed by atoms with Gasteiger partial charge in [-0.05, 0) is 17.5 Å². The van der Waals surface area contributed by atoms with Crippen molar-refractivity contribution in [3.63, 3.8) is 0 Å². The monoisotopic (exact) mass is 233 g/mol. The fourth-order valence-electron chi connectivity index (χ4n) is 2.07. The van der Waals surface area contributed by atoms with E-state index in [1.165, 1.54) is 11.1 Å². The molecule has 3 rings (SSSR count). The molecule has 17 heavy (non-hydrogen) atoms. The van der Waals surface area contributed by atoms with Crippen LogP contribution in [-0.4, -0.2) is 36.9 Å². The van der Waals surface area contributed by atoms with Gasteiger partial charge in [-0.15, -0.1) is 0 Å². The third kappa shape index (κ3) is 2.42. The molecule has 0 aliphatic carbocycles. The van der Waals surface area contributed by atoms with Crippen molar-refractivity contribution in [3.05, 3.63) is 35.4 Å². The van der Waals surface area contributed by atoms with Gasteiger partial charge in [-0.1, -0.05) is 24.3 Å². The number of carbonyl (C=O) groups excluding carboxylic acids is 1. The number of hydrogen-bond acceptors (Lipinski definition) is 3. The van der Waals surface area contributed by atoms with Crippen LogP contribution in [0.15, 0.2) is 24.3 Å². The van der Waals surface area contributed by atoms with Gasteiger partial charge in [-0.3, -0.25) is 0 Å². The van der Waals surface area contributed by atoms with Crippen LogP contribution in [0.3, 0.4) is 0 Å². The summed E-state index contributed by atoms with van der Waals surface area (Å²) >= 11 is 0. The number of rotatable bonds is 2. The molecule has 0 spiro atoms. The molecular formula is C13H15NO3. The lowest BCUT2D eigenvalue weighted by Crippen LogP contribution is -2.36. The van der Waals surface area contributed by atoms with Gasteiger partial charge >= 0.3 is 6.09 Å². The molecule has 2 aliphatic rings. The molecule has 2 heterocycles. The summed E-state index contributed by atoms with van der Waals surface area (Å²) in [6.45, 7) is 2.50. The van der Waals surface area contributed by atoms with Gasteiger partial charge in [0.2, 0.25) is 0 Å². The Balaban J connectivity index is 1.60. The van der Waals surface area contributed by atoms with E-state index in [2.05, 4.69) is 12.1 Å². The minimum absolute atomic E-state index is 0.135. The fraction of sp³-hybridized carbons (Fsp3) is 0.462. The number of ether oxygens (including phenoxy) is 2. The summed E-state index contributed by atoms with van der Waals surface area (Å²) in [4.78, 5) is 13.5. The standard InChI is InChI=1S/C13H15NO3/c15-13(17-9-12-8-16-12)14-6-5-10-3-1-2-4-11(10)7-14/h1-4,12H,5-9H2. The topological polar surface area (TPSA) is 42.1 Å². The normalized spacial score (nSPS) is 21.9. The Kier molecular flexibility index (Phi) is 2.73. The number of nitrogens with zero attached hydrogens (tertiary/aromatic N) is 1. The Morgan fingerprint density at radius 2 is 2.18 bits per heavy atom. The van der Waals surface area contributed by atoms with Gasteiger partial charge < -0.3 is 14.4 Å². The molecule has 90 valence electrons. The van der Waals surface area contributed by atoms with Crippen molar-refractivity contribution < 1.29 is 14.3 Å². The quantitative estimate of drug-likeness (QED) is 0.728. The van der Waals surface area contributed by atoms with Crippen LogP contribution < -0.4 is 0 Å². The highest BCUT2D eigenvalue weighted by Crippen LogP contribution is 2.19. The summed E-state index contributed by atoms with van der Waals surface area (Å²) in [5.74, 6) is 0. The SMILES string of the molecule is O=C(OCC1CO1)N1CCc2ccccc2C1. The van der Waals surface area contributed by atoms with E-state index < -0.39 is 0 Å². The van der Waals surface area contributed by atoms with E-state index in [1.54, 1.807) is 4.90 Å². The van der Waals surface area contributed by atoms with Crippen LogP contribution in [0.4, 0.5) is 4.79 Å². The first-order valence-corrected chi connectivity index (χ1v) is 5.93. The van der Waals surface area contributed by atoms with Gasteiger partial charge in [-0.25, -0.2) is 4.79 Å². The number of carbonyl (C=O) groups is 1. The lowest BCUT2D eigenvalue weighted by molar-refractivity contribution is 0.0911. The summed E-state index contributed by atoms with van der Waals surface area (Å²) in [5.41, 5.74) is 2.56. The Morgan fingerprint density at radius 1 is 1.41 bits per heavy atom. The van der Waals surface area contributed by atoms with E-state index in [0.717, 1.165) is 19.6 Å². The lowest BCUT2D eigenvalue weighted by Gasteiger charge is -2.27. The van der Waals surface area contributed by atoms with Crippen LogP contribution in [0.25, 0.3) is 0 Å². The van der Waals surface area contributed by atoms with Crippen LogP contribution in [0.1, 0.15) is 11.1 Å². The van der Waals surface area contributed by atoms with Gasteiger partial charge in [-0.2, -0.15) is 0 Å². The Labute approximate surface area is 100 Å². The van der Waals surface area contributed by atoms with Gasteiger partial charge in [0, 0.05) is 13.1 Å². The van der Waals surface area contributed by atoms with Crippen LogP contribution in [0, 0.1) is 0 Å². The second-order valence-corrected chi connectivity index (χ2v) is 4.47. The van der Waals surface area contributed by atoms with Crippen LogP contribution in [0.2, 0.25) is 0 Å². The first kappa shape index (κ1) is 10.6. The van der Waals surface area contributed by atoms with E-state index in [0.29, 0.717) is 13.2 Å². The van der Waals surface area contributed by atoms with Crippen molar-refractivity contribution in [2.75, 3.05) is 19.8 Å². The molecule has 0 bridgehead atoms. The fourth-order valence-corrected chi connectivity index (χ4v) is 2.07. The molecule has 1 fully saturated rings. The van der Waals surface area contributed by atoms with Gasteiger partial charge in [0.1, 0.15) is 12.7 Å². The third-order valence-corrected chi connectivity index (χ3v) is 3.18. The van der Waals surface area contributed by atoms with E-state index in [9.17, 15) is 4.79 Å². The van der Waals surface area contributed by atoms with E-state index in [4.69, 9.17) is 9.47 Å². The van der Waals surface area contributed by atoms with Crippen molar-refractivity contribution in [1.82, 2.24) is 4.90 Å². The summed E-state index contributed by atoms with van der Waals surface area (Å²) in [6.07, 6.45) is 0.816. The maximum Gasteiger partial charge on any atom is 0.410 e. The number of benzene rings is 1. The summed E-state index contributed by atoms with van der Waals surface area (Å²) < 4.78 is 10.2. The zero-order chi connectivity index (χ0) is 11.7. The summed E-state index contributed by atoms with van der Waals surface area (Å²) in [5, 5.41) is 0. The minimum atomic E-state index is -0.227. The van der Waals surface area contributed by atoms with Crippen LogP contribution >= 0.6 is 0 Å². The zero-order valence-electron chi connectivity index (χ0n) is 9.59. The molecule has 1 atom stereocenters. The molecule has 0 saturated carbocycles. The molecule has 2 aliphatic heterocycles. The van der Waals surface area contributed by atoms with Crippen molar-refractivity contribution in [1.29, 1.82) is 0 Å². The summed E-state index contributed by atoms with van der Waals surface area (Å²) in [6, 6.07) is 8.23. The average Bonchev–Trinajstić information content (AvgIpc) is 3.19. The molecule has 4 heteroatoms. The molecule has 1 aromatic carbocycles. The van der Waals surface area contributed by atoms with Crippen LogP contribution in [0.5, 0.6) is 0 Å². The molecule has 1 saturated heterocycles. The molecule has 0 aromatic heterocycles. The molecule has 1 amide bonds. The second kappa shape index (κ2) is 4.37. The van der Waals surface area contributed by atoms with Crippen molar-refractivity contribution in [2.45, 2.75) is 19.1 Å². The zero-order valence-corrected chi connectivity index (χ0v) is 9.59. The highest BCUT2D eigenvalue weighted by molar-refractivity contribution is 5.68. The predicted octanol–water partition coefficient (Wildman–Crippen LogP) is 1.58. The minimum Gasteiger partial charge on any atom is -0.447 e. The predicted molar refractivity (Wildman–Crippen MR) is 61.6 cm³/mol. The van der Waals surface area contributed by atoms with Crippen molar-refractivity contribution in [3.8, 4) is 0 Å². The highest BCUT2D eigenvalue weighted by atomic mass is 16.6. The first-order valence-electron chi connectivity index (χ1n) is 5.93. The first-order chi connectivity index (χ1) is 8.33. The van der Waals surface area contributed by atoms with Crippen molar-refractivity contribution >= 4 is 6.09 Å². The van der Waals surface area contributed by atoms with Crippen molar-refractivity contribution in [2.24, 2.45) is 0 Å². The Morgan fingerprint density at radius 3 is 2.94 bits per heavy atom. The maximum absolute atomic E-state index is 11.8. The van der Waals surface area contributed by atoms with Crippen LogP contribution in [-0.2, 0) is 22.4 Å². The lowest BCUT2D eigenvalue weighted by atomic mass is 10.0. The Hall–Kier alpha value is -1.55. The molecule has 0 N–H and O–H groups in total. The largest absolute Gasteiger partial charge is 0.447 e. The maximum atomic E-state index is 11.8. The molecular weight excluding hydrogens is 218 g/mol. The highest BCUT2D eigenvalue weighted by Gasteiger charge is 2.27. The molecule has 1 aromatic rings. The number of epoxide rings is 1. The molecule has 0 radical (unpaired) electrons. The van der Waals surface area contributed by atoms with E-state index in [-0.39, 0.29) is 12.2 Å². The average molecular weight is 233 g/mol. The van der Waals surface area contributed by atoms with E-state index >= 15 is 0 Å². The molecule has 4 nitrogen and oxygen atoms in total. The second-order valence-electron chi connectivity index (χ2n) is 4.47.